The first-order valence-corrected chi connectivity index (χ1v) is 7.72. The molecular weight excluding hydrogens is 286 g/mol. The lowest BCUT2D eigenvalue weighted by Crippen LogP contribution is -2.30. The molecule has 1 unspecified atom stereocenters. The highest BCUT2D eigenvalue weighted by Gasteiger charge is 2.16. The fourth-order valence-corrected chi connectivity index (χ4v) is 2.56. The Morgan fingerprint density at radius 2 is 2.10 bits per heavy atom. The van der Waals surface area contributed by atoms with Crippen LogP contribution in [-0.4, -0.2) is 21.5 Å². The summed E-state index contributed by atoms with van der Waals surface area (Å²) in [6.07, 6.45) is 0.425. The van der Waals surface area contributed by atoms with E-state index in [1.54, 1.807) is 0 Å². The summed E-state index contributed by atoms with van der Waals surface area (Å²) in [7, 11) is 0. The summed E-state index contributed by atoms with van der Waals surface area (Å²) >= 11 is 6.24. The van der Waals surface area contributed by atoms with Crippen LogP contribution in [0.2, 0.25) is 0 Å². The monoisotopic (exact) mass is 307 g/mol. The van der Waals surface area contributed by atoms with Gasteiger partial charge in [0.05, 0.1) is 16.4 Å². The highest BCUT2D eigenvalue weighted by atomic mass is 35.5. The molecule has 1 atom stereocenters. The molecule has 5 heteroatoms. The van der Waals surface area contributed by atoms with E-state index < -0.39 is 0 Å². The second-order valence-electron chi connectivity index (χ2n) is 5.70. The van der Waals surface area contributed by atoms with E-state index in [1.165, 1.54) is 5.56 Å². The fraction of sp³-hybridized carbons (Fsp3) is 0.500. The molecule has 0 aliphatic rings. The normalized spacial score (nSPS) is 12.9. The zero-order valence-corrected chi connectivity index (χ0v) is 13.7. The minimum Gasteiger partial charge on any atom is -0.354 e. The van der Waals surface area contributed by atoms with Crippen molar-refractivity contribution >= 4 is 28.5 Å². The van der Waals surface area contributed by atoms with Crippen molar-refractivity contribution in [2.45, 2.75) is 52.1 Å². The maximum atomic E-state index is 11.9. The molecule has 0 aliphatic heterocycles. The summed E-state index contributed by atoms with van der Waals surface area (Å²) in [4.78, 5) is 16.4. The molecule has 1 aromatic heterocycles. The molecule has 1 amide bonds. The molecule has 2 rings (SSSR count). The summed E-state index contributed by atoms with van der Waals surface area (Å²) in [6.45, 7) is 8.46. The molecule has 2 aromatic rings. The maximum absolute atomic E-state index is 11.9. The number of fused-ring (bicyclic) bond motifs is 1. The van der Waals surface area contributed by atoms with Crippen LogP contribution in [0.1, 0.15) is 44.0 Å². The highest BCUT2D eigenvalue weighted by Crippen LogP contribution is 2.25. The summed E-state index contributed by atoms with van der Waals surface area (Å²) in [5.74, 6) is 0.863. The Labute approximate surface area is 130 Å². The molecule has 4 nitrogen and oxygen atoms in total. The molecule has 0 aliphatic carbocycles. The third kappa shape index (κ3) is 3.76. The Morgan fingerprint density at radius 1 is 1.38 bits per heavy atom. The summed E-state index contributed by atoms with van der Waals surface area (Å²) in [5.41, 5.74) is 3.13. The number of hydrogen-bond donors (Lipinski definition) is 1. The number of alkyl halides is 1. The predicted octanol–water partition coefficient (Wildman–Crippen LogP) is 3.56. The Bertz CT molecular complexity index is 646. The number of halogens is 1. The highest BCUT2D eigenvalue weighted by molar-refractivity contribution is 6.20. The number of nitrogens with zero attached hydrogens (tertiary/aromatic N) is 2. The zero-order valence-electron chi connectivity index (χ0n) is 13.0. The van der Waals surface area contributed by atoms with Crippen molar-refractivity contribution in [3.63, 3.8) is 0 Å². The minimum absolute atomic E-state index is 0.0488. The van der Waals surface area contributed by atoms with Gasteiger partial charge in [0.1, 0.15) is 5.82 Å². The van der Waals surface area contributed by atoms with Crippen molar-refractivity contribution in [2.24, 2.45) is 0 Å². The Kier molecular flexibility index (Phi) is 4.88. The Balaban J connectivity index is 2.30. The van der Waals surface area contributed by atoms with E-state index >= 15 is 0 Å². The third-order valence-corrected chi connectivity index (χ3v) is 3.50. The number of carbonyl (C=O) groups is 1. The maximum Gasteiger partial charge on any atom is 0.221 e. The van der Waals surface area contributed by atoms with Gasteiger partial charge in [-0.3, -0.25) is 4.79 Å². The molecule has 0 saturated carbocycles. The number of benzene rings is 1. The fourth-order valence-electron chi connectivity index (χ4n) is 2.40. The van der Waals surface area contributed by atoms with Gasteiger partial charge < -0.3 is 9.88 Å². The van der Waals surface area contributed by atoms with Gasteiger partial charge in [-0.15, -0.1) is 11.6 Å². The quantitative estimate of drug-likeness (QED) is 0.859. The number of amides is 1. The van der Waals surface area contributed by atoms with Crippen LogP contribution in [0.3, 0.4) is 0 Å². The molecule has 0 radical (unpaired) electrons. The average molecular weight is 308 g/mol. The Hall–Kier alpha value is -1.55. The molecule has 1 N–H and O–H groups in total. The van der Waals surface area contributed by atoms with Crippen LogP contribution in [0.15, 0.2) is 18.2 Å². The van der Waals surface area contributed by atoms with Gasteiger partial charge in [0, 0.05) is 19.0 Å². The zero-order chi connectivity index (χ0) is 15.6. The molecule has 0 spiro atoms. The first kappa shape index (κ1) is 15.8. The van der Waals surface area contributed by atoms with E-state index in [9.17, 15) is 4.79 Å². The van der Waals surface area contributed by atoms with Gasteiger partial charge >= 0.3 is 0 Å². The largest absolute Gasteiger partial charge is 0.354 e. The number of aryl methyl sites for hydroxylation is 2. The standard InChI is InChI=1S/C16H22ClN3O/c1-10(2)18-15(21)7-8-20-14-9-11(3)5-6-13(14)19-16(20)12(4)17/h5-6,9-10,12H,7-8H2,1-4H3,(H,18,21). The number of imidazole rings is 1. The lowest BCUT2D eigenvalue weighted by Gasteiger charge is -2.12. The van der Waals surface area contributed by atoms with Gasteiger partial charge in [0.25, 0.3) is 0 Å². The first-order chi connectivity index (χ1) is 9.88. The minimum atomic E-state index is -0.189. The molecule has 114 valence electrons. The predicted molar refractivity (Wildman–Crippen MR) is 86.6 cm³/mol. The van der Waals surface area contributed by atoms with Gasteiger partial charge in [-0.1, -0.05) is 6.07 Å². The van der Waals surface area contributed by atoms with E-state index in [1.807, 2.05) is 39.8 Å². The van der Waals surface area contributed by atoms with Gasteiger partial charge in [-0.05, 0) is 45.4 Å². The van der Waals surface area contributed by atoms with Crippen LogP contribution >= 0.6 is 11.6 Å². The van der Waals surface area contributed by atoms with Crippen molar-refractivity contribution < 1.29 is 4.79 Å². The second-order valence-corrected chi connectivity index (χ2v) is 6.36. The van der Waals surface area contributed by atoms with E-state index in [-0.39, 0.29) is 17.3 Å². The number of hydrogen-bond acceptors (Lipinski definition) is 2. The smallest absolute Gasteiger partial charge is 0.221 e. The number of nitrogens with one attached hydrogen (secondary N) is 1. The average Bonchev–Trinajstić information content (AvgIpc) is 2.73. The Morgan fingerprint density at radius 3 is 2.71 bits per heavy atom. The molecule has 21 heavy (non-hydrogen) atoms. The van der Waals surface area contributed by atoms with Crippen LogP contribution < -0.4 is 5.32 Å². The van der Waals surface area contributed by atoms with E-state index in [2.05, 4.69) is 20.9 Å². The van der Waals surface area contributed by atoms with Gasteiger partial charge in [0.2, 0.25) is 5.91 Å². The number of rotatable bonds is 5. The lowest BCUT2D eigenvalue weighted by molar-refractivity contribution is -0.121. The van der Waals surface area contributed by atoms with Crippen LogP contribution in [-0.2, 0) is 11.3 Å². The number of aromatic nitrogens is 2. The van der Waals surface area contributed by atoms with Crippen molar-refractivity contribution in [2.75, 3.05) is 0 Å². The lowest BCUT2D eigenvalue weighted by atomic mass is 10.2. The van der Waals surface area contributed by atoms with Crippen molar-refractivity contribution in [3.05, 3.63) is 29.6 Å². The summed E-state index contributed by atoms with van der Waals surface area (Å²) in [6, 6.07) is 6.28. The molecule has 1 aromatic carbocycles. The van der Waals surface area contributed by atoms with Gasteiger partial charge in [0.15, 0.2) is 0 Å². The van der Waals surface area contributed by atoms with Crippen LogP contribution in [0.25, 0.3) is 11.0 Å². The van der Waals surface area contributed by atoms with E-state index in [4.69, 9.17) is 11.6 Å². The van der Waals surface area contributed by atoms with E-state index in [0.29, 0.717) is 13.0 Å². The molecule has 1 heterocycles. The molecule has 0 saturated heterocycles. The summed E-state index contributed by atoms with van der Waals surface area (Å²) < 4.78 is 2.06. The van der Waals surface area contributed by atoms with Gasteiger partial charge in [-0.2, -0.15) is 0 Å². The summed E-state index contributed by atoms with van der Waals surface area (Å²) in [5, 5.41) is 2.72. The van der Waals surface area contributed by atoms with Crippen LogP contribution in [0.5, 0.6) is 0 Å². The van der Waals surface area contributed by atoms with Crippen molar-refractivity contribution in [3.8, 4) is 0 Å². The van der Waals surface area contributed by atoms with Gasteiger partial charge in [-0.25, -0.2) is 4.98 Å². The van der Waals surface area contributed by atoms with Crippen LogP contribution in [0, 0.1) is 6.92 Å². The number of carbonyl (C=O) groups excluding carboxylic acids is 1. The second kappa shape index (κ2) is 6.48. The molecular formula is C16H22ClN3O. The third-order valence-electron chi connectivity index (χ3n) is 3.30. The molecule has 0 bridgehead atoms. The SMILES string of the molecule is Cc1ccc2nc(C(C)Cl)n(CCC(=O)NC(C)C)c2c1. The topological polar surface area (TPSA) is 46.9 Å². The van der Waals surface area contributed by atoms with E-state index in [0.717, 1.165) is 16.9 Å². The van der Waals surface area contributed by atoms with Crippen LogP contribution in [0.4, 0.5) is 0 Å². The van der Waals surface area contributed by atoms with Crippen molar-refractivity contribution in [1.82, 2.24) is 14.9 Å². The van der Waals surface area contributed by atoms with Crippen molar-refractivity contribution in [1.29, 1.82) is 0 Å². The molecule has 0 fully saturated rings. The first-order valence-electron chi connectivity index (χ1n) is 7.28.